The summed E-state index contributed by atoms with van der Waals surface area (Å²) in [5.74, 6) is 0.0749. The summed E-state index contributed by atoms with van der Waals surface area (Å²) >= 11 is 0. The first kappa shape index (κ1) is 27.7. The van der Waals surface area contributed by atoms with Crippen molar-refractivity contribution >= 4 is 17.7 Å². The first-order valence-corrected chi connectivity index (χ1v) is 14.2. The molecule has 0 radical (unpaired) electrons. The number of fused-ring (bicyclic) bond motifs is 1. The molecular weight excluding hydrogens is 473 g/mol. The van der Waals surface area contributed by atoms with Gasteiger partial charge in [0.1, 0.15) is 5.82 Å². The van der Waals surface area contributed by atoms with Crippen LogP contribution >= 0.6 is 0 Å². The molecule has 8 heteroatoms. The molecule has 3 fully saturated rings. The zero-order chi connectivity index (χ0) is 26.3. The summed E-state index contributed by atoms with van der Waals surface area (Å²) in [4.78, 5) is 29.7. The lowest BCUT2D eigenvalue weighted by Gasteiger charge is -2.32. The van der Waals surface area contributed by atoms with Gasteiger partial charge in [0.05, 0.1) is 13.2 Å². The Morgan fingerprint density at radius 2 is 1.78 bits per heavy atom. The Balaban J connectivity index is 0.000000994. The molecule has 1 N–H and O–H groups in total. The second-order valence-corrected chi connectivity index (χ2v) is 11.5. The third kappa shape index (κ3) is 8.06. The van der Waals surface area contributed by atoms with Crippen LogP contribution in [0, 0.1) is 11.7 Å². The minimum absolute atomic E-state index is 0.110. The van der Waals surface area contributed by atoms with E-state index >= 15 is 0 Å². The number of hydrogen-bond donors (Lipinski definition) is 1. The SMILES string of the molecule is C1CC1.CC1(C)CN(CCNC(=O)O[C@@H](CC2CCCCC2)C(=O)N2CCOCC2)c2ccc(F)cc21. The number of halogens is 1. The molecule has 2 amide bonds. The highest BCUT2D eigenvalue weighted by atomic mass is 19.1. The second-order valence-electron chi connectivity index (χ2n) is 11.5. The first-order valence-electron chi connectivity index (χ1n) is 14.2. The Labute approximate surface area is 221 Å². The number of morpholine rings is 1. The monoisotopic (exact) mass is 517 g/mol. The Hall–Kier alpha value is -2.35. The number of nitrogens with zero attached hydrogens (tertiary/aromatic N) is 2. The van der Waals surface area contributed by atoms with Gasteiger partial charge in [-0.3, -0.25) is 4.79 Å². The molecule has 0 spiro atoms. The maximum absolute atomic E-state index is 13.7. The molecule has 4 aliphatic rings. The van der Waals surface area contributed by atoms with Gasteiger partial charge in [-0.05, 0) is 36.1 Å². The second kappa shape index (κ2) is 12.9. The molecule has 1 aromatic rings. The zero-order valence-electron chi connectivity index (χ0n) is 22.6. The highest BCUT2D eigenvalue weighted by Gasteiger charge is 2.35. The van der Waals surface area contributed by atoms with Crippen LogP contribution in [-0.4, -0.2) is 68.9 Å². The van der Waals surface area contributed by atoms with E-state index in [1.807, 2.05) is 0 Å². The fourth-order valence-corrected chi connectivity index (χ4v) is 5.55. The van der Waals surface area contributed by atoms with Crippen molar-refractivity contribution in [1.82, 2.24) is 10.2 Å². The molecule has 206 valence electrons. The van der Waals surface area contributed by atoms with Crippen LogP contribution in [0.1, 0.15) is 77.2 Å². The predicted molar refractivity (Wildman–Crippen MR) is 142 cm³/mol. The number of carbonyl (C=O) groups is 2. The Kier molecular flexibility index (Phi) is 9.68. The molecule has 2 aliphatic carbocycles. The number of alkyl carbamates (subject to hydrolysis) is 1. The lowest BCUT2D eigenvalue weighted by atomic mass is 9.85. The molecular formula is C29H44FN3O4. The lowest BCUT2D eigenvalue weighted by Crippen LogP contribution is -2.48. The molecule has 2 saturated carbocycles. The van der Waals surface area contributed by atoms with E-state index in [2.05, 4.69) is 24.1 Å². The van der Waals surface area contributed by atoms with Gasteiger partial charge in [-0.1, -0.05) is 65.2 Å². The maximum Gasteiger partial charge on any atom is 0.407 e. The van der Waals surface area contributed by atoms with Gasteiger partial charge in [-0.2, -0.15) is 0 Å². The zero-order valence-corrected chi connectivity index (χ0v) is 22.6. The van der Waals surface area contributed by atoms with E-state index < -0.39 is 12.2 Å². The standard InChI is InChI=1S/C26H38FN3O4.C3H6/c1-26(2)18-30(22-9-8-20(27)17-21(22)26)11-10-28-25(32)34-23(16-19-6-4-3-5-7-19)24(31)29-12-14-33-15-13-29;1-2-3-1/h8-9,17,19,23H,3-7,10-16,18H2,1-2H3,(H,28,32);1-3H2/t23-;/m0./s1. The summed E-state index contributed by atoms with van der Waals surface area (Å²) < 4.78 is 24.8. The fraction of sp³-hybridized carbons (Fsp3) is 0.724. The summed E-state index contributed by atoms with van der Waals surface area (Å²) in [5.41, 5.74) is 1.83. The molecule has 1 aromatic carbocycles. The highest BCUT2D eigenvalue weighted by molar-refractivity contribution is 5.83. The van der Waals surface area contributed by atoms with E-state index in [1.54, 1.807) is 17.0 Å². The molecule has 1 atom stereocenters. The van der Waals surface area contributed by atoms with Crippen LogP contribution in [-0.2, 0) is 19.7 Å². The van der Waals surface area contributed by atoms with Gasteiger partial charge in [-0.15, -0.1) is 0 Å². The van der Waals surface area contributed by atoms with E-state index in [-0.39, 0.29) is 17.1 Å². The molecule has 0 aromatic heterocycles. The number of nitrogens with one attached hydrogen (secondary N) is 1. The maximum atomic E-state index is 13.7. The van der Waals surface area contributed by atoms with Crippen LogP contribution in [0.25, 0.3) is 0 Å². The number of anilines is 1. The molecule has 1 saturated heterocycles. The van der Waals surface area contributed by atoms with Crippen molar-refractivity contribution in [2.75, 3.05) is 50.8 Å². The van der Waals surface area contributed by atoms with Crippen LogP contribution in [0.4, 0.5) is 14.9 Å². The number of carbonyl (C=O) groups excluding carboxylic acids is 2. The number of ether oxygens (including phenoxy) is 2. The molecule has 7 nitrogen and oxygen atoms in total. The minimum Gasteiger partial charge on any atom is -0.436 e. The van der Waals surface area contributed by atoms with Crippen molar-refractivity contribution in [1.29, 1.82) is 0 Å². The Morgan fingerprint density at radius 1 is 1.11 bits per heavy atom. The highest BCUT2D eigenvalue weighted by Crippen LogP contribution is 2.40. The third-order valence-electron chi connectivity index (χ3n) is 7.74. The Morgan fingerprint density at radius 3 is 2.46 bits per heavy atom. The van der Waals surface area contributed by atoms with Crippen molar-refractivity contribution in [2.45, 2.75) is 83.2 Å². The smallest absolute Gasteiger partial charge is 0.407 e. The van der Waals surface area contributed by atoms with Crippen molar-refractivity contribution in [3.05, 3.63) is 29.6 Å². The number of benzene rings is 1. The van der Waals surface area contributed by atoms with E-state index in [4.69, 9.17) is 9.47 Å². The number of hydrogen-bond acceptors (Lipinski definition) is 5. The van der Waals surface area contributed by atoms with Crippen LogP contribution in [0.2, 0.25) is 0 Å². The van der Waals surface area contributed by atoms with Gasteiger partial charge < -0.3 is 24.6 Å². The third-order valence-corrected chi connectivity index (χ3v) is 7.74. The summed E-state index contributed by atoms with van der Waals surface area (Å²) in [6, 6.07) is 4.88. The summed E-state index contributed by atoms with van der Waals surface area (Å²) in [5, 5.41) is 2.83. The topological polar surface area (TPSA) is 71.1 Å². The predicted octanol–water partition coefficient (Wildman–Crippen LogP) is 5.02. The van der Waals surface area contributed by atoms with Gasteiger partial charge >= 0.3 is 6.09 Å². The van der Waals surface area contributed by atoms with Crippen LogP contribution in [0.5, 0.6) is 0 Å². The van der Waals surface area contributed by atoms with E-state index in [1.165, 1.54) is 44.6 Å². The quantitative estimate of drug-likeness (QED) is 0.550. The summed E-state index contributed by atoms with van der Waals surface area (Å²) in [6.07, 6.45) is 9.53. The molecule has 5 rings (SSSR count). The summed E-state index contributed by atoms with van der Waals surface area (Å²) in [7, 11) is 0. The van der Waals surface area contributed by atoms with Crippen LogP contribution < -0.4 is 10.2 Å². The van der Waals surface area contributed by atoms with Crippen molar-refractivity contribution < 1.29 is 23.5 Å². The van der Waals surface area contributed by atoms with Crippen molar-refractivity contribution in [3.8, 4) is 0 Å². The average Bonchev–Trinajstić information content (AvgIpc) is 3.76. The average molecular weight is 518 g/mol. The lowest BCUT2D eigenvalue weighted by molar-refractivity contribution is -0.145. The van der Waals surface area contributed by atoms with Gasteiger partial charge in [0.2, 0.25) is 0 Å². The van der Waals surface area contributed by atoms with E-state index in [0.717, 1.165) is 30.6 Å². The normalized spacial score (nSPS) is 21.4. The molecule has 2 aliphatic heterocycles. The minimum atomic E-state index is -0.754. The van der Waals surface area contributed by atoms with Crippen molar-refractivity contribution in [2.24, 2.45) is 5.92 Å². The van der Waals surface area contributed by atoms with Gasteiger partial charge in [0.15, 0.2) is 6.10 Å². The molecule has 0 bridgehead atoms. The van der Waals surface area contributed by atoms with E-state index in [9.17, 15) is 14.0 Å². The van der Waals surface area contributed by atoms with Crippen LogP contribution in [0.15, 0.2) is 18.2 Å². The van der Waals surface area contributed by atoms with Gasteiger partial charge in [0.25, 0.3) is 5.91 Å². The first-order chi connectivity index (χ1) is 17.8. The molecule has 37 heavy (non-hydrogen) atoms. The van der Waals surface area contributed by atoms with E-state index in [0.29, 0.717) is 51.7 Å². The van der Waals surface area contributed by atoms with Crippen LogP contribution in [0.3, 0.4) is 0 Å². The van der Waals surface area contributed by atoms with Gasteiger partial charge in [0, 0.05) is 43.8 Å². The number of rotatable bonds is 7. The molecule has 2 heterocycles. The summed E-state index contributed by atoms with van der Waals surface area (Å²) in [6.45, 7) is 8.03. The Bertz CT molecular complexity index is 908. The largest absolute Gasteiger partial charge is 0.436 e. The number of amides is 2. The fourth-order valence-electron chi connectivity index (χ4n) is 5.55. The van der Waals surface area contributed by atoms with Gasteiger partial charge in [-0.25, -0.2) is 9.18 Å². The molecule has 0 unspecified atom stereocenters. The van der Waals surface area contributed by atoms with Crippen molar-refractivity contribution in [3.63, 3.8) is 0 Å².